The summed E-state index contributed by atoms with van der Waals surface area (Å²) in [7, 11) is 0. The molecule has 0 unspecified atom stereocenters. The molecule has 1 fully saturated rings. The Morgan fingerprint density at radius 1 is 0.833 bits per heavy atom. The van der Waals surface area contributed by atoms with Gasteiger partial charge in [0.25, 0.3) is 0 Å². The van der Waals surface area contributed by atoms with E-state index in [1.165, 1.54) is 68.9 Å². The molecule has 0 amide bonds. The second-order valence-corrected chi connectivity index (χ2v) is 5.93. The summed E-state index contributed by atoms with van der Waals surface area (Å²) in [6.45, 7) is 9.20. The first kappa shape index (κ1) is 18.2. The lowest BCUT2D eigenvalue weighted by molar-refractivity contribution is -0.972. The molecule has 18 heavy (non-hydrogen) atoms. The number of quaternary nitrogens is 1. The second kappa shape index (κ2) is 10.1. The third-order valence-corrected chi connectivity index (χ3v) is 4.17. The molecule has 0 aromatic rings. The molecule has 2 nitrogen and oxygen atoms in total. The molecule has 0 radical (unpaired) electrons. The monoisotopic (exact) mass is 277 g/mol. The van der Waals surface area contributed by atoms with Crippen LogP contribution in [0.2, 0.25) is 0 Å². The Morgan fingerprint density at radius 2 is 1.28 bits per heavy atom. The minimum absolute atomic E-state index is 0. The van der Waals surface area contributed by atoms with Gasteiger partial charge in [0.2, 0.25) is 0 Å². The second-order valence-electron chi connectivity index (χ2n) is 5.93. The van der Waals surface area contributed by atoms with E-state index in [0.717, 1.165) is 13.1 Å². The van der Waals surface area contributed by atoms with E-state index < -0.39 is 0 Å². The first-order valence-electron chi connectivity index (χ1n) is 7.75. The number of likely N-dealkylation sites (tertiary alicyclic amines) is 1. The maximum Gasteiger partial charge on any atom is 0.152 e. The van der Waals surface area contributed by atoms with E-state index in [1.807, 2.05) is 0 Å². The van der Waals surface area contributed by atoms with Gasteiger partial charge in [0, 0.05) is 0 Å². The average molecular weight is 278 g/mol. The maximum absolute atomic E-state index is 9.57. The molecule has 3 heteroatoms. The largest absolute Gasteiger partial charge is 1.00 e. The standard InChI is InChI=1S/C15H32NO.ClH/c1-3-5-7-9-11-16(13-15(17)14-16)12-10-8-6-4-2;/h15,17H,3-14H2,1-2H3;1H/q+1;/p-1. The van der Waals surface area contributed by atoms with Gasteiger partial charge < -0.3 is 22.0 Å². The zero-order valence-electron chi connectivity index (χ0n) is 12.3. The Balaban J connectivity index is 0.00000289. The molecule has 1 aliphatic rings. The van der Waals surface area contributed by atoms with Gasteiger partial charge in [-0.05, 0) is 25.7 Å². The van der Waals surface area contributed by atoms with Crippen LogP contribution in [0, 0.1) is 0 Å². The molecule has 1 rings (SSSR count). The summed E-state index contributed by atoms with van der Waals surface area (Å²) in [6.07, 6.45) is 10.8. The first-order chi connectivity index (χ1) is 8.22. The highest BCUT2D eigenvalue weighted by atomic mass is 35.5. The predicted molar refractivity (Wildman–Crippen MR) is 74.0 cm³/mol. The fourth-order valence-electron chi connectivity index (χ4n) is 3.07. The summed E-state index contributed by atoms with van der Waals surface area (Å²) >= 11 is 0. The van der Waals surface area contributed by atoms with Crippen LogP contribution in [-0.4, -0.2) is 41.9 Å². The van der Waals surface area contributed by atoms with Gasteiger partial charge >= 0.3 is 0 Å². The fraction of sp³-hybridized carbons (Fsp3) is 1.00. The lowest BCUT2D eigenvalue weighted by Gasteiger charge is -2.49. The number of rotatable bonds is 10. The van der Waals surface area contributed by atoms with Crippen molar-refractivity contribution in [1.29, 1.82) is 0 Å². The van der Waals surface area contributed by atoms with E-state index in [9.17, 15) is 5.11 Å². The van der Waals surface area contributed by atoms with E-state index in [0.29, 0.717) is 0 Å². The summed E-state index contributed by atoms with van der Waals surface area (Å²) in [6, 6.07) is 0. The lowest BCUT2D eigenvalue weighted by Crippen LogP contribution is -3.00. The van der Waals surface area contributed by atoms with Crippen molar-refractivity contribution in [1.82, 2.24) is 0 Å². The van der Waals surface area contributed by atoms with E-state index in [2.05, 4.69) is 13.8 Å². The van der Waals surface area contributed by atoms with Gasteiger partial charge in [-0.1, -0.05) is 39.5 Å². The van der Waals surface area contributed by atoms with Crippen molar-refractivity contribution >= 4 is 0 Å². The summed E-state index contributed by atoms with van der Waals surface area (Å²) in [5, 5.41) is 9.57. The smallest absolute Gasteiger partial charge is 0.152 e. The van der Waals surface area contributed by atoms with Crippen molar-refractivity contribution in [3.05, 3.63) is 0 Å². The molecule has 1 N–H and O–H groups in total. The van der Waals surface area contributed by atoms with Crippen LogP contribution in [0.25, 0.3) is 0 Å². The molecule has 0 saturated carbocycles. The number of aliphatic hydroxyl groups is 1. The van der Waals surface area contributed by atoms with E-state index >= 15 is 0 Å². The molecular weight excluding hydrogens is 246 g/mol. The molecule has 0 aromatic heterocycles. The van der Waals surface area contributed by atoms with Crippen LogP contribution >= 0.6 is 0 Å². The van der Waals surface area contributed by atoms with Crippen molar-refractivity contribution in [3.63, 3.8) is 0 Å². The highest BCUT2D eigenvalue weighted by molar-refractivity contribution is 4.67. The maximum atomic E-state index is 9.57. The van der Waals surface area contributed by atoms with E-state index in [1.54, 1.807) is 0 Å². The molecule has 110 valence electrons. The van der Waals surface area contributed by atoms with Gasteiger partial charge in [-0.3, -0.25) is 0 Å². The number of hydrogen-bond donors (Lipinski definition) is 1. The van der Waals surface area contributed by atoms with Gasteiger partial charge in [0.15, 0.2) is 6.10 Å². The Labute approximate surface area is 120 Å². The predicted octanol–water partition coefficient (Wildman–Crippen LogP) is 0.342. The van der Waals surface area contributed by atoms with E-state index in [4.69, 9.17) is 0 Å². The Morgan fingerprint density at radius 3 is 1.61 bits per heavy atom. The minimum Gasteiger partial charge on any atom is -1.00 e. The van der Waals surface area contributed by atoms with Crippen LogP contribution in [0.15, 0.2) is 0 Å². The Kier molecular flexibility index (Phi) is 10.2. The third-order valence-electron chi connectivity index (χ3n) is 4.17. The van der Waals surface area contributed by atoms with Gasteiger partial charge in [0.05, 0.1) is 13.1 Å². The summed E-state index contributed by atoms with van der Waals surface area (Å²) in [5.41, 5.74) is 0. The first-order valence-corrected chi connectivity index (χ1v) is 7.75. The molecule has 0 atom stereocenters. The van der Waals surface area contributed by atoms with Crippen LogP contribution in [0.4, 0.5) is 0 Å². The summed E-state index contributed by atoms with van der Waals surface area (Å²) in [4.78, 5) is 0. The number of aliphatic hydroxyl groups excluding tert-OH is 1. The SMILES string of the molecule is CCCCCC[N+]1(CCCCCC)CC(O)C1.[Cl-]. The molecular formula is C15H32ClNO. The molecule has 0 bridgehead atoms. The fourth-order valence-corrected chi connectivity index (χ4v) is 3.07. The molecule has 1 aliphatic heterocycles. The van der Waals surface area contributed by atoms with Crippen LogP contribution in [0.1, 0.15) is 65.2 Å². The van der Waals surface area contributed by atoms with Crippen molar-refractivity contribution in [3.8, 4) is 0 Å². The number of nitrogens with zero attached hydrogens (tertiary/aromatic N) is 1. The highest BCUT2D eigenvalue weighted by Gasteiger charge is 2.41. The minimum atomic E-state index is -0.00708. The number of hydrogen-bond acceptors (Lipinski definition) is 1. The molecule has 0 spiro atoms. The summed E-state index contributed by atoms with van der Waals surface area (Å²) < 4.78 is 1.22. The molecule has 0 aromatic carbocycles. The summed E-state index contributed by atoms with van der Waals surface area (Å²) in [5.74, 6) is 0. The van der Waals surface area contributed by atoms with Gasteiger partial charge in [-0.15, -0.1) is 0 Å². The molecule has 1 saturated heterocycles. The van der Waals surface area contributed by atoms with E-state index in [-0.39, 0.29) is 18.5 Å². The topological polar surface area (TPSA) is 20.2 Å². The van der Waals surface area contributed by atoms with Crippen molar-refractivity contribution in [2.45, 2.75) is 71.3 Å². The quantitative estimate of drug-likeness (QED) is 0.451. The zero-order valence-corrected chi connectivity index (χ0v) is 13.1. The van der Waals surface area contributed by atoms with Crippen molar-refractivity contribution in [2.75, 3.05) is 26.2 Å². The van der Waals surface area contributed by atoms with Gasteiger partial charge in [-0.25, -0.2) is 0 Å². The Hall–Kier alpha value is 0.210. The number of halogens is 1. The number of unbranched alkanes of at least 4 members (excludes halogenated alkanes) is 6. The average Bonchev–Trinajstić information content (AvgIpc) is 2.28. The molecule has 1 heterocycles. The molecule has 0 aliphatic carbocycles. The van der Waals surface area contributed by atoms with Crippen LogP contribution in [0.3, 0.4) is 0 Å². The van der Waals surface area contributed by atoms with Crippen LogP contribution in [-0.2, 0) is 0 Å². The van der Waals surface area contributed by atoms with Crippen molar-refractivity contribution in [2.24, 2.45) is 0 Å². The van der Waals surface area contributed by atoms with Crippen molar-refractivity contribution < 1.29 is 22.0 Å². The highest BCUT2D eigenvalue weighted by Crippen LogP contribution is 2.23. The zero-order chi connectivity index (χ0) is 12.6. The normalized spacial score (nSPS) is 18.2. The lowest BCUT2D eigenvalue weighted by atomic mass is 10.0. The van der Waals surface area contributed by atoms with Crippen LogP contribution < -0.4 is 12.4 Å². The Bertz CT molecular complexity index is 179. The third kappa shape index (κ3) is 6.40. The van der Waals surface area contributed by atoms with Gasteiger partial charge in [-0.2, -0.15) is 0 Å². The van der Waals surface area contributed by atoms with Gasteiger partial charge in [0.1, 0.15) is 13.1 Å². The van der Waals surface area contributed by atoms with Crippen LogP contribution in [0.5, 0.6) is 0 Å².